The molecule has 31 heavy (non-hydrogen) atoms. The number of hydrogen-bond donors (Lipinski definition) is 2. The second-order valence-electron chi connectivity index (χ2n) is 9.12. The second-order valence-corrected chi connectivity index (χ2v) is 9.12. The van der Waals surface area contributed by atoms with Crippen molar-refractivity contribution in [3.05, 3.63) is 36.2 Å². The summed E-state index contributed by atoms with van der Waals surface area (Å²) >= 11 is 0. The molecule has 1 amide bonds. The summed E-state index contributed by atoms with van der Waals surface area (Å²) in [5.41, 5.74) is 2.09. The Morgan fingerprint density at radius 2 is 2.10 bits per heavy atom. The minimum atomic E-state index is -0.927. The van der Waals surface area contributed by atoms with Gasteiger partial charge in [0.2, 0.25) is 5.91 Å². The standard InChI is InChI=1S/C23H28FN5O2/c1-28-12-14(8-22(28)31)13-3-5-16(20(30)7-13)18-10-26-21(11-25-18)29(2)19-9-15-4-6-17(27-15)23(19)24/h3,5,7,10-11,14-15,17,19,23,27,30H,4,6,8-9,12H2,1-2H3/t14-,15?,17?,19-,23+/m0/s1. The van der Waals surface area contributed by atoms with Crippen LogP contribution in [-0.2, 0) is 4.79 Å². The molecule has 3 aliphatic heterocycles. The van der Waals surface area contributed by atoms with Crippen LogP contribution in [0.1, 0.15) is 37.2 Å². The first-order valence-electron chi connectivity index (χ1n) is 10.9. The minimum absolute atomic E-state index is 0.0659. The third-order valence-electron chi connectivity index (χ3n) is 7.16. The molecule has 1 aromatic heterocycles. The summed E-state index contributed by atoms with van der Waals surface area (Å²) in [6.07, 6.45) is 5.48. The molecule has 2 bridgehead atoms. The smallest absolute Gasteiger partial charge is 0.223 e. The van der Waals surface area contributed by atoms with Crippen molar-refractivity contribution in [1.29, 1.82) is 0 Å². The van der Waals surface area contributed by atoms with Crippen molar-refractivity contribution in [3.8, 4) is 17.0 Å². The van der Waals surface area contributed by atoms with Gasteiger partial charge in [-0.15, -0.1) is 0 Å². The van der Waals surface area contributed by atoms with Gasteiger partial charge in [0.25, 0.3) is 0 Å². The van der Waals surface area contributed by atoms with E-state index < -0.39 is 6.17 Å². The number of likely N-dealkylation sites (N-methyl/N-ethyl adjacent to an activating group) is 1. The van der Waals surface area contributed by atoms with Crippen LogP contribution in [0.25, 0.3) is 11.3 Å². The Morgan fingerprint density at radius 3 is 2.77 bits per heavy atom. The number of aromatic hydroxyl groups is 1. The van der Waals surface area contributed by atoms with E-state index in [-0.39, 0.29) is 29.7 Å². The molecule has 8 heteroatoms. The number of amides is 1. The number of aromatic nitrogens is 2. The zero-order chi connectivity index (χ0) is 21.7. The van der Waals surface area contributed by atoms with Gasteiger partial charge in [-0.05, 0) is 37.0 Å². The Kier molecular flexibility index (Phi) is 5.04. The van der Waals surface area contributed by atoms with Crippen LogP contribution in [0.2, 0.25) is 0 Å². The maximum absolute atomic E-state index is 14.9. The van der Waals surface area contributed by atoms with E-state index in [0.29, 0.717) is 36.1 Å². The maximum atomic E-state index is 14.9. The summed E-state index contributed by atoms with van der Waals surface area (Å²) in [6, 6.07) is 5.58. The molecule has 3 saturated heterocycles. The maximum Gasteiger partial charge on any atom is 0.223 e. The molecule has 1 aromatic carbocycles. The molecule has 5 rings (SSSR count). The zero-order valence-electron chi connectivity index (χ0n) is 17.8. The average Bonchev–Trinajstić information content (AvgIpc) is 3.34. The van der Waals surface area contributed by atoms with Gasteiger partial charge in [0.05, 0.1) is 24.1 Å². The lowest BCUT2D eigenvalue weighted by molar-refractivity contribution is -0.126. The van der Waals surface area contributed by atoms with Gasteiger partial charge in [-0.25, -0.2) is 9.37 Å². The molecule has 7 nitrogen and oxygen atoms in total. The molecule has 0 radical (unpaired) electrons. The number of carbonyl (C=O) groups excluding carboxylic acids is 1. The van der Waals surface area contributed by atoms with E-state index in [0.717, 1.165) is 24.8 Å². The first-order valence-corrected chi connectivity index (χ1v) is 10.9. The van der Waals surface area contributed by atoms with Crippen LogP contribution in [0.3, 0.4) is 0 Å². The number of halogens is 1. The van der Waals surface area contributed by atoms with Crippen LogP contribution < -0.4 is 10.2 Å². The number of rotatable bonds is 4. The normalized spacial score (nSPS) is 30.1. The van der Waals surface area contributed by atoms with Gasteiger partial charge >= 0.3 is 0 Å². The van der Waals surface area contributed by atoms with Crippen molar-refractivity contribution >= 4 is 11.7 Å². The summed E-state index contributed by atoms with van der Waals surface area (Å²) in [5.74, 6) is 0.958. The topological polar surface area (TPSA) is 81.6 Å². The van der Waals surface area contributed by atoms with E-state index in [4.69, 9.17) is 0 Å². The predicted molar refractivity (Wildman–Crippen MR) is 116 cm³/mol. The van der Waals surface area contributed by atoms with Gasteiger partial charge in [-0.2, -0.15) is 0 Å². The highest BCUT2D eigenvalue weighted by Crippen LogP contribution is 2.36. The number of piperidine rings is 1. The monoisotopic (exact) mass is 425 g/mol. The van der Waals surface area contributed by atoms with Gasteiger partial charge in [0, 0.05) is 50.6 Å². The molecule has 0 saturated carbocycles. The van der Waals surface area contributed by atoms with Gasteiger partial charge < -0.3 is 20.2 Å². The first kappa shape index (κ1) is 20.2. The summed E-state index contributed by atoms with van der Waals surface area (Å²) < 4.78 is 14.9. The van der Waals surface area contributed by atoms with Crippen LogP contribution in [0.5, 0.6) is 5.75 Å². The lowest BCUT2D eigenvalue weighted by Gasteiger charge is -2.38. The van der Waals surface area contributed by atoms with E-state index in [2.05, 4.69) is 15.3 Å². The fourth-order valence-electron chi connectivity index (χ4n) is 5.27. The molecule has 164 valence electrons. The SMILES string of the molecule is CN1C[C@@H](c2ccc(-c3cnc(N(C)[C@H]4CC5CCC(N5)[C@H]4F)cn3)c(O)c2)CC1=O. The Labute approximate surface area is 181 Å². The third kappa shape index (κ3) is 3.63. The zero-order valence-corrected chi connectivity index (χ0v) is 17.8. The highest BCUT2D eigenvalue weighted by Gasteiger charge is 2.43. The number of benzene rings is 1. The number of alkyl halides is 1. The number of fused-ring (bicyclic) bond motifs is 2. The van der Waals surface area contributed by atoms with Crippen LogP contribution in [0.4, 0.5) is 10.2 Å². The largest absolute Gasteiger partial charge is 0.507 e. The van der Waals surface area contributed by atoms with E-state index in [1.807, 2.05) is 24.1 Å². The number of carbonyl (C=O) groups is 1. The van der Waals surface area contributed by atoms with Crippen molar-refractivity contribution in [2.75, 3.05) is 25.5 Å². The second kappa shape index (κ2) is 7.75. The van der Waals surface area contributed by atoms with Gasteiger partial charge in [0.1, 0.15) is 17.7 Å². The van der Waals surface area contributed by atoms with E-state index >= 15 is 0 Å². The molecule has 0 spiro atoms. The fourth-order valence-corrected chi connectivity index (χ4v) is 5.27. The highest BCUT2D eigenvalue weighted by molar-refractivity contribution is 5.79. The fraction of sp³-hybridized carbons (Fsp3) is 0.522. The lowest BCUT2D eigenvalue weighted by atomic mass is 9.96. The molecule has 4 heterocycles. The summed E-state index contributed by atoms with van der Waals surface area (Å²) in [7, 11) is 3.67. The lowest BCUT2D eigenvalue weighted by Crippen LogP contribution is -2.55. The van der Waals surface area contributed by atoms with Crippen molar-refractivity contribution < 1.29 is 14.3 Å². The summed E-state index contributed by atoms with van der Waals surface area (Å²) in [4.78, 5) is 24.4. The van der Waals surface area contributed by atoms with Crippen molar-refractivity contribution in [2.24, 2.45) is 0 Å². The molecule has 0 aliphatic carbocycles. The van der Waals surface area contributed by atoms with Gasteiger partial charge in [-0.3, -0.25) is 9.78 Å². The van der Waals surface area contributed by atoms with Crippen molar-refractivity contribution in [2.45, 2.75) is 55.9 Å². The van der Waals surface area contributed by atoms with Crippen LogP contribution in [0.15, 0.2) is 30.6 Å². The number of phenols is 1. The van der Waals surface area contributed by atoms with Gasteiger partial charge in [-0.1, -0.05) is 6.07 Å². The first-order chi connectivity index (χ1) is 14.9. The predicted octanol–water partition coefficient (Wildman–Crippen LogP) is 2.46. The van der Waals surface area contributed by atoms with Gasteiger partial charge in [0.15, 0.2) is 0 Å². The molecular formula is C23H28FN5O2. The Balaban J connectivity index is 1.32. The Morgan fingerprint density at radius 1 is 1.26 bits per heavy atom. The molecule has 2 N–H and O–H groups in total. The van der Waals surface area contributed by atoms with Crippen LogP contribution in [-0.4, -0.2) is 70.8 Å². The molecule has 2 aromatic rings. The Bertz CT molecular complexity index is 984. The van der Waals surface area contributed by atoms with Crippen molar-refractivity contribution in [3.63, 3.8) is 0 Å². The van der Waals surface area contributed by atoms with E-state index in [1.165, 1.54) is 0 Å². The Hall–Kier alpha value is -2.74. The van der Waals surface area contributed by atoms with E-state index in [1.54, 1.807) is 30.4 Å². The van der Waals surface area contributed by atoms with E-state index in [9.17, 15) is 14.3 Å². The average molecular weight is 426 g/mol. The molecule has 2 unspecified atom stereocenters. The number of hydrogen-bond acceptors (Lipinski definition) is 6. The summed E-state index contributed by atoms with van der Waals surface area (Å²) in [5, 5.41) is 13.9. The van der Waals surface area contributed by atoms with Crippen molar-refractivity contribution in [1.82, 2.24) is 20.2 Å². The summed E-state index contributed by atoms with van der Waals surface area (Å²) in [6.45, 7) is 0.659. The van der Waals surface area contributed by atoms with Crippen LogP contribution >= 0.6 is 0 Å². The third-order valence-corrected chi connectivity index (χ3v) is 7.16. The number of phenolic OH excluding ortho intramolecular Hbond substituents is 1. The minimum Gasteiger partial charge on any atom is -0.507 e. The molecule has 5 atom stereocenters. The molecule has 3 fully saturated rings. The number of nitrogens with one attached hydrogen (secondary N) is 1. The molecular weight excluding hydrogens is 397 g/mol. The highest BCUT2D eigenvalue weighted by atomic mass is 19.1. The quantitative estimate of drug-likeness (QED) is 0.783. The number of likely N-dealkylation sites (tertiary alicyclic amines) is 1. The van der Waals surface area contributed by atoms with Crippen LogP contribution in [0, 0.1) is 0 Å². The number of nitrogens with zero attached hydrogens (tertiary/aromatic N) is 4. The molecule has 3 aliphatic rings. The number of anilines is 1.